The van der Waals surface area contributed by atoms with Crippen LogP contribution in [0.4, 0.5) is 0 Å². The van der Waals surface area contributed by atoms with Crippen molar-refractivity contribution in [1.29, 1.82) is 0 Å². The quantitative estimate of drug-likeness (QED) is 0.232. The molecular weight excluding hydrogens is 843 g/mol. The van der Waals surface area contributed by atoms with Crippen LogP contribution in [0.3, 0.4) is 0 Å². The molecule has 3 amide bonds. The lowest BCUT2D eigenvalue weighted by Crippen LogP contribution is -2.61. The van der Waals surface area contributed by atoms with E-state index in [1.807, 2.05) is 26.9 Å². The lowest BCUT2D eigenvalue weighted by atomic mass is 9.78. The normalized spacial score (nSPS) is 36.2. The third kappa shape index (κ3) is 11.0. The number of likely N-dealkylation sites (N-methyl/N-ethyl adjacent to an activating group) is 1. The zero-order valence-corrected chi connectivity index (χ0v) is 39.1. The van der Waals surface area contributed by atoms with Crippen LogP contribution in [-0.4, -0.2) is 171 Å². The predicted octanol–water partition coefficient (Wildman–Crippen LogP) is 1.90. The van der Waals surface area contributed by atoms with Crippen molar-refractivity contribution in [2.45, 2.75) is 139 Å². The maximum atomic E-state index is 12.7. The number of fused-ring (bicyclic) bond motifs is 6. The number of carbonyl (C=O) groups is 6. The molecule has 10 rings (SSSR count). The molecule has 12 atom stereocenters. The van der Waals surface area contributed by atoms with E-state index in [1.165, 1.54) is 59.2 Å². The molecule has 0 spiro atoms. The first-order valence-corrected chi connectivity index (χ1v) is 24.7. The number of ether oxygens (including phenoxy) is 5. The van der Waals surface area contributed by atoms with Crippen LogP contribution in [0.15, 0.2) is 12.2 Å². The number of amides is 3. The highest BCUT2D eigenvalue weighted by Crippen LogP contribution is 2.46. The molecule has 6 unspecified atom stereocenters. The van der Waals surface area contributed by atoms with Gasteiger partial charge in [0.2, 0.25) is 17.7 Å². The van der Waals surface area contributed by atoms with Crippen LogP contribution in [0.25, 0.3) is 0 Å². The molecular formula is C47H73N5O11S. The first-order valence-electron chi connectivity index (χ1n) is 24.3. The molecule has 1 saturated carbocycles. The van der Waals surface area contributed by atoms with Gasteiger partial charge in [0, 0.05) is 63.4 Å². The maximum absolute atomic E-state index is 12.7. The Hall–Kier alpha value is -3.22. The monoisotopic (exact) mass is 916 g/mol. The van der Waals surface area contributed by atoms with E-state index in [0.717, 1.165) is 110 Å². The number of hydrogen-bond donors (Lipinski definition) is 1. The molecule has 17 heteroatoms. The first kappa shape index (κ1) is 48.7. The lowest BCUT2D eigenvalue weighted by molar-refractivity contribution is -0.425. The Kier molecular flexibility index (Phi) is 17.1. The number of esters is 2. The summed E-state index contributed by atoms with van der Waals surface area (Å²) in [5, 5.41) is -0.306. The molecule has 0 aromatic heterocycles. The van der Waals surface area contributed by atoms with Crippen molar-refractivity contribution < 1.29 is 58.2 Å². The molecule has 64 heavy (non-hydrogen) atoms. The second-order valence-corrected chi connectivity index (χ2v) is 19.9. The fourth-order valence-electron chi connectivity index (χ4n) is 11.8. The van der Waals surface area contributed by atoms with E-state index in [0.29, 0.717) is 0 Å². The summed E-state index contributed by atoms with van der Waals surface area (Å²) in [6.45, 7) is 6.48. The van der Waals surface area contributed by atoms with Gasteiger partial charge in [-0.2, -0.15) is 0 Å². The van der Waals surface area contributed by atoms with Crippen LogP contribution in [0.5, 0.6) is 0 Å². The van der Waals surface area contributed by atoms with Crippen LogP contribution in [-0.2, 0) is 65.1 Å². The highest BCUT2D eigenvalue weighted by atomic mass is 32.1. The summed E-state index contributed by atoms with van der Waals surface area (Å²) in [5.74, 6) is -2.71. The van der Waals surface area contributed by atoms with Gasteiger partial charge in [-0.15, -0.1) is 0 Å². The van der Waals surface area contributed by atoms with Gasteiger partial charge in [0.1, 0.15) is 5.92 Å². The standard InChI is InChI=1S/C14H21NO4.C14H19NO4.C13H20N2O3S.C6H13N/c2*1-18-14(17)12-10-6-5-9(19-10)11(12)13(16)15-7-3-2-4-8-15;1-14-4-6-15(7-5-14)12(16)10-8-2-3-9(18-8)11(10)13(17)19;7-6-4-2-1-3-5-6/h9-12H,2-8H2,1H3;5-6,9-12H,2-4,7-8H2,1H3;8-11H,2-7H2,1H3,(H,17,19);6H,1-5,7H2/t2*9-,10+,11?,12?;8-,9+,10?,11?;/m000./s1. The van der Waals surface area contributed by atoms with E-state index >= 15 is 0 Å². The van der Waals surface area contributed by atoms with E-state index < -0.39 is 17.8 Å². The number of likely N-dealkylation sites (tertiary alicyclic amines) is 2. The molecule has 9 heterocycles. The zero-order chi connectivity index (χ0) is 45.5. The van der Waals surface area contributed by atoms with E-state index in [9.17, 15) is 28.8 Å². The van der Waals surface area contributed by atoms with Crippen molar-refractivity contribution in [2.24, 2.45) is 35.5 Å². The van der Waals surface area contributed by atoms with Gasteiger partial charge in [-0.25, -0.2) is 0 Å². The third-order valence-electron chi connectivity index (χ3n) is 15.4. The maximum Gasteiger partial charge on any atom is 0.312 e. The number of rotatable bonds is 6. The zero-order valence-electron chi connectivity index (χ0n) is 38.3. The second-order valence-electron chi connectivity index (χ2n) is 19.5. The number of nitrogens with zero attached hydrogens (tertiary/aromatic N) is 4. The largest absolute Gasteiger partial charge is 0.742 e. The number of hydrogen-bond acceptors (Lipinski definition) is 13. The van der Waals surface area contributed by atoms with Crippen LogP contribution < -0.4 is 5.73 Å². The lowest BCUT2D eigenvalue weighted by Gasteiger charge is -2.37. The Balaban J connectivity index is 0.000000133. The van der Waals surface area contributed by atoms with Gasteiger partial charge < -0.3 is 66.4 Å². The summed E-state index contributed by atoms with van der Waals surface area (Å²) < 4.78 is 26.9. The molecule has 9 fully saturated rings. The van der Waals surface area contributed by atoms with Gasteiger partial charge in [-0.3, -0.25) is 24.0 Å². The van der Waals surface area contributed by atoms with E-state index in [4.69, 9.17) is 36.3 Å². The Labute approximate surface area is 384 Å². The van der Waals surface area contributed by atoms with Gasteiger partial charge in [0.15, 0.2) is 0 Å². The van der Waals surface area contributed by atoms with Gasteiger partial charge >= 0.3 is 11.9 Å². The Morgan fingerprint density at radius 2 is 0.875 bits per heavy atom. The number of carbonyl (C=O) groups excluding carboxylic acids is 6. The minimum atomic E-state index is -0.477. The van der Waals surface area contributed by atoms with Crippen LogP contribution >= 0.6 is 0 Å². The van der Waals surface area contributed by atoms with E-state index in [2.05, 4.69) is 17.7 Å². The Morgan fingerprint density at radius 1 is 0.484 bits per heavy atom. The number of quaternary nitrogens is 1. The molecule has 8 saturated heterocycles. The van der Waals surface area contributed by atoms with Gasteiger partial charge in [-0.1, -0.05) is 18.6 Å². The minimum Gasteiger partial charge on any atom is -0.742 e. The van der Waals surface area contributed by atoms with Gasteiger partial charge in [-0.05, 0) is 96.9 Å². The molecule has 3 N–H and O–H groups in total. The molecule has 6 bridgehead atoms. The van der Waals surface area contributed by atoms with E-state index in [1.54, 1.807) is 0 Å². The van der Waals surface area contributed by atoms with Crippen LogP contribution in [0.2, 0.25) is 0 Å². The van der Waals surface area contributed by atoms with Gasteiger partial charge in [0.25, 0.3) is 0 Å². The summed E-state index contributed by atoms with van der Waals surface area (Å²) in [6.07, 6.45) is 20.0. The molecule has 358 valence electrons. The number of methoxy groups -OCH3 is 2. The molecule has 0 aromatic carbocycles. The SMILES string of the molecule is CN1CCN(C(=O)C2C(C(=O)[S-])[C@H]3CC[C@@H]2O3)CC1.COC(=O)C1C(C(=O)N2CCCCC2)[C@@H]2C=C[C@H]1O2.COC(=O)C1C(C(=O)N2CCCCC2)[C@@H]2CC[C@H]1O2.[NH3+]C1CCCCC1. The Morgan fingerprint density at radius 3 is 1.33 bits per heavy atom. The summed E-state index contributed by atoms with van der Waals surface area (Å²) in [7, 11) is 4.80. The van der Waals surface area contributed by atoms with Crippen LogP contribution in [0.1, 0.15) is 96.3 Å². The topological polar surface area (TPSA) is 189 Å². The summed E-state index contributed by atoms with van der Waals surface area (Å²) in [5.41, 5.74) is 4.00. The smallest absolute Gasteiger partial charge is 0.312 e. The summed E-state index contributed by atoms with van der Waals surface area (Å²) in [4.78, 5) is 81.3. The number of piperidine rings is 2. The third-order valence-corrected chi connectivity index (χ3v) is 15.7. The van der Waals surface area contributed by atoms with Crippen LogP contribution in [0, 0.1) is 35.5 Å². The molecule has 16 nitrogen and oxygen atoms in total. The highest BCUT2D eigenvalue weighted by Gasteiger charge is 2.57. The molecule has 9 aliphatic heterocycles. The van der Waals surface area contributed by atoms with Crippen molar-refractivity contribution in [3.05, 3.63) is 12.2 Å². The fourth-order valence-corrected chi connectivity index (χ4v) is 12.1. The summed E-state index contributed by atoms with van der Waals surface area (Å²) >= 11 is 4.82. The van der Waals surface area contributed by atoms with Crippen molar-refractivity contribution in [2.75, 3.05) is 73.6 Å². The average Bonchev–Trinajstić information content (AvgIpc) is 4.22. The first-order chi connectivity index (χ1) is 30.9. The highest BCUT2D eigenvalue weighted by molar-refractivity contribution is 7.77. The molecule has 0 radical (unpaired) electrons. The minimum absolute atomic E-state index is 0.0481. The van der Waals surface area contributed by atoms with Crippen molar-refractivity contribution in [3.8, 4) is 0 Å². The second kappa shape index (κ2) is 22.5. The summed E-state index contributed by atoms with van der Waals surface area (Å²) in [6, 6.07) is 0.786. The predicted molar refractivity (Wildman–Crippen MR) is 236 cm³/mol. The van der Waals surface area contributed by atoms with Crippen molar-refractivity contribution >= 4 is 47.4 Å². The molecule has 0 aromatic rings. The average molecular weight is 916 g/mol. The van der Waals surface area contributed by atoms with Crippen molar-refractivity contribution in [1.82, 2.24) is 19.6 Å². The molecule has 10 aliphatic rings. The van der Waals surface area contributed by atoms with Gasteiger partial charge in [0.05, 0.1) is 80.6 Å². The Bertz CT molecular complexity index is 1670. The van der Waals surface area contributed by atoms with Crippen molar-refractivity contribution in [3.63, 3.8) is 0 Å². The van der Waals surface area contributed by atoms with E-state index in [-0.39, 0.29) is 89.2 Å². The number of piperazine rings is 1. The molecule has 1 aliphatic carbocycles. The fraction of sp³-hybridized carbons (Fsp3) is 0.830.